The average Bonchev–Trinajstić information content (AvgIpc) is 3.52. The molecule has 1 aliphatic heterocycles. The van der Waals surface area contributed by atoms with Crippen molar-refractivity contribution in [2.45, 2.75) is 29.8 Å². The Morgan fingerprint density at radius 3 is 2.52 bits per heavy atom. The molecule has 1 atom stereocenters. The number of hydrogen-bond acceptors (Lipinski definition) is 6. The lowest BCUT2D eigenvalue weighted by atomic mass is 10.1. The fraction of sp³-hybridized carbons (Fsp3) is 0.269. The van der Waals surface area contributed by atoms with Gasteiger partial charge >= 0.3 is 0 Å². The Hall–Kier alpha value is -3.16. The average molecular weight is 459 g/mol. The Bertz CT molecular complexity index is 1210. The zero-order valence-corrected chi connectivity index (χ0v) is 19.1. The van der Waals surface area contributed by atoms with Crippen molar-refractivity contribution >= 4 is 28.6 Å². The molecule has 4 aromatic rings. The van der Waals surface area contributed by atoms with E-state index in [-0.39, 0.29) is 11.9 Å². The van der Waals surface area contributed by atoms with Gasteiger partial charge in [0, 0.05) is 35.6 Å². The topological polar surface area (TPSA) is 71.3 Å². The number of furan rings is 1. The van der Waals surface area contributed by atoms with Gasteiger partial charge in [-0.1, -0.05) is 60.3 Å². The van der Waals surface area contributed by atoms with E-state index in [1.165, 1.54) is 30.2 Å². The van der Waals surface area contributed by atoms with Crippen LogP contribution in [0.5, 0.6) is 0 Å². The molecule has 2 aromatic heterocycles. The molecule has 0 radical (unpaired) electrons. The SMILES string of the molecule is O=C(NCC(c1ccccc1)N1CCCC1)c1oc2ccccc2c1CSc1ncccn1. The summed E-state index contributed by atoms with van der Waals surface area (Å²) in [6, 6.07) is 20.1. The third kappa shape index (κ3) is 4.94. The number of carbonyl (C=O) groups is 1. The van der Waals surface area contributed by atoms with Crippen molar-refractivity contribution < 1.29 is 9.21 Å². The largest absolute Gasteiger partial charge is 0.451 e. The molecule has 0 saturated carbocycles. The van der Waals surface area contributed by atoms with Crippen molar-refractivity contribution in [2.75, 3.05) is 19.6 Å². The van der Waals surface area contributed by atoms with E-state index < -0.39 is 0 Å². The molecule has 0 bridgehead atoms. The molecule has 5 rings (SSSR count). The highest BCUT2D eigenvalue weighted by molar-refractivity contribution is 7.98. The molecule has 0 spiro atoms. The second-order valence-corrected chi connectivity index (χ2v) is 9.05. The molecular formula is C26H26N4O2S. The van der Waals surface area contributed by atoms with Crippen LogP contribution >= 0.6 is 11.8 Å². The predicted molar refractivity (Wildman–Crippen MR) is 130 cm³/mol. The third-order valence-electron chi connectivity index (χ3n) is 6.01. The van der Waals surface area contributed by atoms with Crippen molar-refractivity contribution in [3.8, 4) is 0 Å². The Morgan fingerprint density at radius 2 is 1.73 bits per heavy atom. The number of fused-ring (bicyclic) bond motifs is 1. The maximum absolute atomic E-state index is 13.3. The van der Waals surface area contributed by atoms with Crippen LogP contribution in [-0.4, -0.2) is 40.4 Å². The maximum atomic E-state index is 13.3. The van der Waals surface area contributed by atoms with Gasteiger partial charge in [-0.25, -0.2) is 9.97 Å². The smallest absolute Gasteiger partial charge is 0.287 e. The molecule has 6 nitrogen and oxygen atoms in total. The standard InChI is InChI=1S/C26H26N4O2S/c31-25(29-17-22(30-15-6-7-16-30)19-9-2-1-3-10-19)24-21(18-33-26-27-13-8-14-28-26)20-11-4-5-12-23(20)32-24/h1-5,8-14,22H,6-7,15-18H2,(H,29,31). The van der Waals surface area contributed by atoms with E-state index in [0.29, 0.717) is 28.8 Å². The normalized spacial score (nSPS) is 15.0. The predicted octanol–water partition coefficient (Wildman–Crippen LogP) is 5.08. The number of carbonyl (C=O) groups excluding carboxylic acids is 1. The second kappa shape index (κ2) is 10.2. The fourth-order valence-corrected chi connectivity index (χ4v) is 5.21. The highest BCUT2D eigenvalue weighted by Crippen LogP contribution is 2.31. The van der Waals surface area contributed by atoms with E-state index >= 15 is 0 Å². The molecule has 0 aliphatic carbocycles. The van der Waals surface area contributed by atoms with Gasteiger partial charge in [0.2, 0.25) is 0 Å². The number of nitrogens with one attached hydrogen (secondary N) is 1. The van der Waals surface area contributed by atoms with Crippen molar-refractivity contribution in [3.05, 3.63) is 89.9 Å². The summed E-state index contributed by atoms with van der Waals surface area (Å²) in [5, 5.41) is 4.78. The van der Waals surface area contributed by atoms with Gasteiger partial charge in [-0.15, -0.1) is 0 Å². The van der Waals surface area contributed by atoms with Crippen molar-refractivity contribution in [2.24, 2.45) is 0 Å². The minimum Gasteiger partial charge on any atom is -0.451 e. The van der Waals surface area contributed by atoms with E-state index in [1.807, 2.05) is 30.3 Å². The first-order valence-electron chi connectivity index (χ1n) is 11.3. The highest BCUT2D eigenvalue weighted by atomic mass is 32.2. The highest BCUT2D eigenvalue weighted by Gasteiger charge is 2.26. The van der Waals surface area contributed by atoms with Crippen molar-refractivity contribution in [1.82, 2.24) is 20.2 Å². The van der Waals surface area contributed by atoms with Gasteiger partial charge in [-0.05, 0) is 43.6 Å². The van der Waals surface area contributed by atoms with E-state index in [9.17, 15) is 4.79 Å². The number of benzene rings is 2. The summed E-state index contributed by atoms with van der Waals surface area (Å²) in [6.07, 6.45) is 5.84. The van der Waals surface area contributed by atoms with Gasteiger partial charge in [0.15, 0.2) is 10.9 Å². The summed E-state index contributed by atoms with van der Waals surface area (Å²) in [5.74, 6) is 0.738. The summed E-state index contributed by atoms with van der Waals surface area (Å²) < 4.78 is 6.03. The molecule has 33 heavy (non-hydrogen) atoms. The summed E-state index contributed by atoms with van der Waals surface area (Å²) >= 11 is 1.50. The Balaban J connectivity index is 1.37. The van der Waals surface area contributed by atoms with E-state index in [2.05, 4.69) is 44.5 Å². The van der Waals surface area contributed by atoms with Crippen LogP contribution in [-0.2, 0) is 5.75 Å². The third-order valence-corrected chi connectivity index (χ3v) is 6.92. The van der Waals surface area contributed by atoms with Crippen LogP contribution in [0.15, 0.2) is 82.6 Å². The monoisotopic (exact) mass is 458 g/mol. The first-order chi connectivity index (χ1) is 16.3. The van der Waals surface area contributed by atoms with E-state index in [0.717, 1.165) is 24.0 Å². The van der Waals surface area contributed by atoms with Crippen molar-refractivity contribution in [1.29, 1.82) is 0 Å². The number of para-hydroxylation sites is 1. The molecule has 1 saturated heterocycles. The zero-order valence-electron chi connectivity index (χ0n) is 18.3. The number of nitrogens with zero attached hydrogens (tertiary/aromatic N) is 3. The van der Waals surface area contributed by atoms with Crippen LogP contribution in [0.25, 0.3) is 11.0 Å². The summed E-state index contributed by atoms with van der Waals surface area (Å²) in [4.78, 5) is 24.4. The van der Waals surface area contributed by atoms with E-state index in [1.54, 1.807) is 18.5 Å². The first-order valence-corrected chi connectivity index (χ1v) is 12.3. The van der Waals surface area contributed by atoms with Gasteiger partial charge in [0.05, 0.1) is 6.04 Å². The van der Waals surface area contributed by atoms with Gasteiger partial charge < -0.3 is 9.73 Å². The van der Waals surface area contributed by atoms with Crippen LogP contribution < -0.4 is 5.32 Å². The number of likely N-dealkylation sites (tertiary alicyclic amines) is 1. The van der Waals surface area contributed by atoms with Crippen LogP contribution in [0.3, 0.4) is 0 Å². The van der Waals surface area contributed by atoms with Gasteiger partial charge in [0.25, 0.3) is 5.91 Å². The molecule has 2 aromatic carbocycles. The molecule has 1 N–H and O–H groups in total. The Morgan fingerprint density at radius 1 is 1.00 bits per heavy atom. The number of amides is 1. The quantitative estimate of drug-likeness (QED) is 0.293. The molecule has 1 fully saturated rings. The van der Waals surface area contributed by atoms with Crippen LogP contribution in [0.1, 0.15) is 40.6 Å². The summed E-state index contributed by atoms with van der Waals surface area (Å²) in [6.45, 7) is 2.65. The maximum Gasteiger partial charge on any atom is 0.287 e. The summed E-state index contributed by atoms with van der Waals surface area (Å²) in [5.41, 5.74) is 2.81. The minimum absolute atomic E-state index is 0.151. The summed E-state index contributed by atoms with van der Waals surface area (Å²) in [7, 11) is 0. The number of rotatable bonds is 8. The second-order valence-electron chi connectivity index (χ2n) is 8.11. The van der Waals surface area contributed by atoms with Crippen LogP contribution in [0.2, 0.25) is 0 Å². The lowest BCUT2D eigenvalue weighted by Crippen LogP contribution is -2.36. The number of thioether (sulfide) groups is 1. The number of hydrogen-bond donors (Lipinski definition) is 1. The Kier molecular flexibility index (Phi) is 6.69. The van der Waals surface area contributed by atoms with Crippen LogP contribution in [0.4, 0.5) is 0 Å². The molecule has 7 heteroatoms. The molecule has 3 heterocycles. The van der Waals surface area contributed by atoms with E-state index in [4.69, 9.17) is 4.42 Å². The molecular weight excluding hydrogens is 432 g/mol. The first kappa shape index (κ1) is 21.7. The molecule has 1 unspecified atom stereocenters. The minimum atomic E-state index is -0.184. The van der Waals surface area contributed by atoms with Gasteiger partial charge in [-0.2, -0.15) is 0 Å². The number of aromatic nitrogens is 2. The zero-order chi connectivity index (χ0) is 22.5. The fourth-order valence-electron chi connectivity index (χ4n) is 4.38. The molecule has 168 valence electrons. The lowest BCUT2D eigenvalue weighted by molar-refractivity contribution is 0.0911. The lowest BCUT2D eigenvalue weighted by Gasteiger charge is -2.28. The van der Waals surface area contributed by atoms with Crippen LogP contribution in [0, 0.1) is 0 Å². The van der Waals surface area contributed by atoms with Gasteiger partial charge in [0.1, 0.15) is 5.58 Å². The van der Waals surface area contributed by atoms with Gasteiger partial charge in [-0.3, -0.25) is 9.69 Å². The molecule has 1 aliphatic rings. The van der Waals surface area contributed by atoms with Crippen molar-refractivity contribution in [3.63, 3.8) is 0 Å². The Labute approximate surface area is 197 Å². The molecule has 1 amide bonds.